The monoisotopic (exact) mass is 350 g/mol. The fraction of sp³-hybridized carbons (Fsp3) is 0.0833. The smallest absolute Gasteiger partial charge is 0.263 e. The molecule has 130 valence electrons. The summed E-state index contributed by atoms with van der Waals surface area (Å²) in [5, 5.41) is 10.8. The summed E-state index contributed by atoms with van der Waals surface area (Å²) in [5.74, 6) is 0. The summed E-state index contributed by atoms with van der Waals surface area (Å²) in [6, 6.07) is 27.2. The number of pyridine rings is 1. The van der Waals surface area contributed by atoms with Crippen LogP contribution in [0.1, 0.15) is 18.2 Å². The molecule has 0 radical (unpaired) electrons. The number of nitriles is 1. The van der Waals surface area contributed by atoms with Crippen LogP contribution >= 0.6 is 0 Å². The van der Waals surface area contributed by atoms with Crippen molar-refractivity contribution in [2.75, 3.05) is 0 Å². The first-order valence-electron chi connectivity index (χ1n) is 8.96. The molecule has 3 nitrogen and oxygen atoms in total. The highest BCUT2D eigenvalue weighted by molar-refractivity contribution is 5.96. The standard InChI is InChI=1S/C24H18N2O/c1-2-20-15-19-10-7-13-22(18-9-6-8-17(14-18)16-25)23(19)24(27)26(20)21-11-4-3-5-12-21/h3-15H,2H2,1H3. The van der Waals surface area contributed by atoms with Gasteiger partial charge in [-0.15, -0.1) is 0 Å². The van der Waals surface area contributed by atoms with Crippen molar-refractivity contribution in [2.24, 2.45) is 0 Å². The Balaban J connectivity index is 2.09. The molecule has 0 aliphatic carbocycles. The van der Waals surface area contributed by atoms with Crippen LogP contribution in [0.25, 0.3) is 27.6 Å². The van der Waals surface area contributed by atoms with Crippen LogP contribution in [0.4, 0.5) is 0 Å². The van der Waals surface area contributed by atoms with Gasteiger partial charge in [-0.3, -0.25) is 9.36 Å². The van der Waals surface area contributed by atoms with Crippen LogP contribution in [0.5, 0.6) is 0 Å². The molecule has 0 saturated heterocycles. The Labute approximate surface area is 157 Å². The molecule has 0 unspecified atom stereocenters. The lowest BCUT2D eigenvalue weighted by Crippen LogP contribution is -2.22. The SMILES string of the molecule is CCc1cc2cccc(-c3cccc(C#N)c3)c2c(=O)n1-c1ccccc1. The molecule has 0 amide bonds. The van der Waals surface area contributed by atoms with Gasteiger partial charge in [-0.2, -0.15) is 5.26 Å². The van der Waals surface area contributed by atoms with E-state index in [2.05, 4.69) is 19.1 Å². The number of hydrogen-bond acceptors (Lipinski definition) is 2. The van der Waals surface area contributed by atoms with E-state index in [0.29, 0.717) is 10.9 Å². The average Bonchev–Trinajstić information content (AvgIpc) is 2.73. The van der Waals surface area contributed by atoms with Gasteiger partial charge >= 0.3 is 0 Å². The van der Waals surface area contributed by atoms with Crippen LogP contribution < -0.4 is 5.56 Å². The maximum atomic E-state index is 13.6. The van der Waals surface area contributed by atoms with E-state index in [1.165, 1.54) is 0 Å². The van der Waals surface area contributed by atoms with Crippen molar-refractivity contribution in [3.63, 3.8) is 0 Å². The predicted octanol–water partition coefficient (Wildman–Crippen LogP) is 5.09. The van der Waals surface area contributed by atoms with Gasteiger partial charge in [0.15, 0.2) is 0 Å². The molecule has 0 N–H and O–H groups in total. The fourth-order valence-corrected chi connectivity index (χ4v) is 3.53. The number of aryl methyl sites for hydroxylation is 1. The molecule has 3 heteroatoms. The van der Waals surface area contributed by atoms with Gasteiger partial charge < -0.3 is 0 Å². The second kappa shape index (κ2) is 6.93. The number of nitrogens with zero attached hydrogens (tertiary/aromatic N) is 2. The highest BCUT2D eigenvalue weighted by Crippen LogP contribution is 2.28. The Morgan fingerprint density at radius 3 is 2.44 bits per heavy atom. The first-order valence-corrected chi connectivity index (χ1v) is 8.96. The molecule has 0 aliphatic heterocycles. The maximum Gasteiger partial charge on any atom is 0.263 e. The van der Waals surface area contributed by atoms with Crippen LogP contribution in [0.15, 0.2) is 83.7 Å². The van der Waals surface area contributed by atoms with Gasteiger partial charge in [-0.1, -0.05) is 55.5 Å². The number of rotatable bonds is 3. The quantitative estimate of drug-likeness (QED) is 0.516. The van der Waals surface area contributed by atoms with E-state index in [1.54, 1.807) is 10.6 Å². The van der Waals surface area contributed by atoms with Crippen molar-refractivity contribution >= 4 is 10.8 Å². The molecule has 4 rings (SSSR count). The van der Waals surface area contributed by atoms with E-state index in [9.17, 15) is 10.1 Å². The number of aromatic nitrogens is 1. The summed E-state index contributed by atoms with van der Waals surface area (Å²) in [5.41, 5.74) is 4.11. The molecule has 0 bridgehead atoms. The molecule has 1 aromatic heterocycles. The zero-order valence-electron chi connectivity index (χ0n) is 15.0. The van der Waals surface area contributed by atoms with Crippen molar-refractivity contribution in [1.82, 2.24) is 4.57 Å². The molecule has 3 aromatic carbocycles. The van der Waals surface area contributed by atoms with Gasteiger partial charge in [-0.25, -0.2) is 0 Å². The molecule has 1 heterocycles. The maximum absolute atomic E-state index is 13.6. The summed E-state index contributed by atoms with van der Waals surface area (Å²) < 4.78 is 1.79. The minimum atomic E-state index is -0.0338. The number of hydrogen-bond donors (Lipinski definition) is 0. The van der Waals surface area contributed by atoms with E-state index in [-0.39, 0.29) is 5.56 Å². The van der Waals surface area contributed by atoms with Gasteiger partial charge in [0.2, 0.25) is 0 Å². The van der Waals surface area contributed by atoms with Crippen LogP contribution in [0.3, 0.4) is 0 Å². The third kappa shape index (κ3) is 2.92. The fourth-order valence-electron chi connectivity index (χ4n) is 3.53. The topological polar surface area (TPSA) is 45.8 Å². The molecule has 0 spiro atoms. The van der Waals surface area contributed by atoms with Gasteiger partial charge in [0.05, 0.1) is 17.0 Å². The second-order valence-corrected chi connectivity index (χ2v) is 6.43. The molecule has 4 aromatic rings. The zero-order chi connectivity index (χ0) is 18.8. The summed E-state index contributed by atoms with van der Waals surface area (Å²) in [4.78, 5) is 13.6. The van der Waals surface area contributed by atoms with E-state index >= 15 is 0 Å². The zero-order valence-corrected chi connectivity index (χ0v) is 15.0. The largest absolute Gasteiger partial charge is 0.281 e. The summed E-state index contributed by atoms with van der Waals surface area (Å²) in [6.45, 7) is 2.06. The number of para-hydroxylation sites is 1. The molecular weight excluding hydrogens is 332 g/mol. The minimum absolute atomic E-state index is 0.0338. The van der Waals surface area contributed by atoms with Crippen molar-refractivity contribution in [3.8, 4) is 22.9 Å². The summed E-state index contributed by atoms with van der Waals surface area (Å²) in [7, 11) is 0. The van der Waals surface area contributed by atoms with E-state index < -0.39 is 0 Å². The Morgan fingerprint density at radius 2 is 1.70 bits per heavy atom. The van der Waals surface area contributed by atoms with Crippen LogP contribution in [-0.2, 0) is 6.42 Å². The molecular formula is C24H18N2O. The lowest BCUT2D eigenvalue weighted by atomic mass is 9.97. The van der Waals surface area contributed by atoms with Crippen molar-refractivity contribution in [3.05, 3.63) is 100 Å². The Bertz CT molecular complexity index is 1230. The van der Waals surface area contributed by atoms with Crippen LogP contribution in [-0.4, -0.2) is 4.57 Å². The molecule has 0 saturated carbocycles. The van der Waals surface area contributed by atoms with Crippen LogP contribution in [0, 0.1) is 11.3 Å². The van der Waals surface area contributed by atoms with E-state index in [0.717, 1.165) is 34.3 Å². The van der Waals surface area contributed by atoms with Crippen molar-refractivity contribution in [1.29, 1.82) is 5.26 Å². The van der Waals surface area contributed by atoms with Crippen molar-refractivity contribution in [2.45, 2.75) is 13.3 Å². The van der Waals surface area contributed by atoms with Gasteiger partial charge in [0.1, 0.15) is 0 Å². The summed E-state index contributed by atoms with van der Waals surface area (Å²) in [6.07, 6.45) is 0.758. The summed E-state index contributed by atoms with van der Waals surface area (Å²) >= 11 is 0. The molecule has 0 fully saturated rings. The Morgan fingerprint density at radius 1 is 0.926 bits per heavy atom. The minimum Gasteiger partial charge on any atom is -0.281 e. The number of fused-ring (bicyclic) bond motifs is 1. The highest BCUT2D eigenvalue weighted by Gasteiger charge is 2.14. The molecule has 0 atom stereocenters. The van der Waals surface area contributed by atoms with Gasteiger partial charge in [-0.05, 0) is 53.3 Å². The lowest BCUT2D eigenvalue weighted by Gasteiger charge is -2.15. The second-order valence-electron chi connectivity index (χ2n) is 6.43. The Hall–Kier alpha value is -3.64. The third-order valence-corrected chi connectivity index (χ3v) is 4.80. The highest BCUT2D eigenvalue weighted by atomic mass is 16.1. The van der Waals surface area contributed by atoms with Gasteiger partial charge in [0, 0.05) is 11.4 Å². The Kier molecular flexibility index (Phi) is 4.32. The van der Waals surface area contributed by atoms with Crippen LogP contribution in [0.2, 0.25) is 0 Å². The average molecular weight is 350 g/mol. The molecule has 0 aliphatic rings. The number of benzene rings is 3. The first kappa shape index (κ1) is 16.8. The third-order valence-electron chi connectivity index (χ3n) is 4.80. The van der Waals surface area contributed by atoms with Gasteiger partial charge in [0.25, 0.3) is 5.56 Å². The van der Waals surface area contributed by atoms with E-state index in [1.807, 2.05) is 66.7 Å². The normalized spacial score (nSPS) is 10.7. The first-order chi connectivity index (χ1) is 13.2. The van der Waals surface area contributed by atoms with E-state index in [4.69, 9.17) is 0 Å². The van der Waals surface area contributed by atoms with Crippen molar-refractivity contribution < 1.29 is 0 Å². The predicted molar refractivity (Wildman–Crippen MR) is 109 cm³/mol. The lowest BCUT2D eigenvalue weighted by molar-refractivity contribution is 0.889. The molecule has 27 heavy (non-hydrogen) atoms.